The second kappa shape index (κ2) is 12.2. The minimum Gasteiger partial charge on any atom is -0.458 e. The second-order valence-electron chi connectivity index (χ2n) is 9.62. The second-order valence-corrected chi connectivity index (χ2v) is 9.62. The summed E-state index contributed by atoms with van der Waals surface area (Å²) < 4.78 is 10.9. The van der Waals surface area contributed by atoms with Gasteiger partial charge in [-0.05, 0) is 37.8 Å². The summed E-state index contributed by atoms with van der Waals surface area (Å²) in [6.07, 6.45) is -0.360. The van der Waals surface area contributed by atoms with Gasteiger partial charge in [-0.1, -0.05) is 74.5 Å². The number of likely N-dealkylation sites (N-methyl/N-ethyl adjacent to an activating group) is 1. The van der Waals surface area contributed by atoms with Crippen molar-refractivity contribution < 1.29 is 23.9 Å². The minimum absolute atomic E-state index is 0.0935. The molecule has 0 saturated carbocycles. The Morgan fingerprint density at radius 1 is 0.912 bits per heavy atom. The zero-order valence-corrected chi connectivity index (χ0v) is 20.9. The molecule has 0 aliphatic rings. The monoisotopic (exact) mass is 468 g/mol. The van der Waals surface area contributed by atoms with Gasteiger partial charge in [-0.3, -0.25) is 9.69 Å². The van der Waals surface area contributed by atoms with Crippen LogP contribution in [0.25, 0.3) is 0 Å². The molecule has 0 unspecified atom stereocenters. The Morgan fingerprint density at radius 3 is 1.94 bits per heavy atom. The molecule has 0 fully saturated rings. The van der Waals surface area contributed by atoms with Gasteiger partial charge in [0.1, 0.15) is 24.3 Å². The maximum atomic E-state index is 13.4. The zero-order chi connectivity index (χ0) is 25.3. The lowest BCUT2D eigenvalue weighted by atomic mass is 10.0. The molecule has 7 heteroatoms. The van der Waals surface area contributed by atoms with E-state index in [9.17, 15) is 14.4 Å². The maximum absolute atomic E-state index is 13.4. The molecule has 0 aliphatic carbocycles. The quantitative estimate of drug-likeness (QED) is 0.553. The Balaban J connectivity index is 2.19. The summed E-state index contributed by atoms with van der Waals surface area (Å²) in [5, 5.41) is 2.81. The van der Waals surface area contributed by atoms with E-state index in [1.807, 2.05) is 74.5 Å². The fourth-order valence-electron chi connectivity index (χ4n) is 3.30. The van der Waals surface area contributed by atoms with Gasteiger partial charge in [0, 0.05) is 13.5 Å². The van der Waals surface area contributed by atoms with Gasteiger partial charge in [0.15, 0.2) is 0 Å². The van der Waals surface area contributed by atoms with Gasteiger partial charge in [-0.2, -0.15) is 0 Å². The van der Waals surface area contributed by atoms with Crippen molar-refractivity contribution in [3.63, 3.8) is 0 Å². The van der Waals surface area contributed by atoms with E-state index in [1.165, 1.54) is 11.9 Å². The number of ether oxygens (including phenoxy) is 2. The van der Waals surface area contributed by atoms with E-state index in [4.69, 9.17) is 9.47 Å². The zero-order valence-electron chi connectivity index (χ0n) is 20.9. The van der Waals surface area contributed by atoms with Gasteiger partial charge in [-0.25, -0.2) is 9.59 Å². The van der Waals surface area contributed by atoms with Crippen LogP contribution in [0, 0.1) is 5.92 Å². The molecule has 0 heterocycles. The van der Waals surface area contributed by atoms with Crippen LogP contribution in [-0.2, 0) is 32.1 Å². The van der Waals surface area contributed by atoms with Crippen molar-refractivity contribution in [3.8, 4) is 0 Å². The lowest BCUT2D eigenvalue weighted by Gasteiger charge is -2.31. The first-order valence-electron chi connectivity index (χ1n) is 11.5. The van der Waals surface area contributed by atoms with E-state index in [-0.39, 0.29) is 18.9 Å². The molecule has 1 N–H and O–H groups in total. The van der Waals surface area contributed by atoms with E-state index < -0.39 is 35.7 Å². The van der Waals surface area contributed by atoms with Crippen molar-refractivity contribution in [3.05, 3.63) is 71.8 Å². The molecular formula is C27H36N2O5. The molecule has 0 spiro atoms. The first kappa shape index (κ1) is 26.9. The molecular weight excluding hydrogens is 432 g/mol. The number of nitrogens with zero attached hydrogens (tertiary/aromatic N) is 1. The van der Waals surface area contributed by atoms with Gasteiger partial charge < -0.3 is 14.8 Å². The summed E-state index contributed by atoms with van der Waals surface area (Å²) in [6.45, 7) is 9.09. The highest BCUT2D eigenvalue weighted by molar-refractivity contribution is 5.90. The molecule has 34 heavy (non-hydrogen) atoms. The van der Waals surface area contributed by atoms with Crippen LogP contribution in [0.4, 0.5) is 4.79 Å². The van der Waals surface area contributed by atoms with Crippen molar-refractivity contribution >= 4 is 18.0 Å². The Kier molecular flexibility index (Phi) is 9.66. The number of amides is 2. The largest absolute Gasteiger partial charge is 0.458 e. The lowest BCUT2D eigenvalue weighted by molar-refractivity contribution is -0.160. The topological polar surface area (TPSA) is 84.9 Å². The highest BCUT2D eigenvalue weighted by atomic mass is 16.6. The first-order valence-corrected chi connectivity index (χ1v) is 11.5. The predicted molar refractivity (Wildman–Crippen MR) is 131 cm³/mol. The van der Waals surface area contributed by atoms with Crippen LogP contribution >= 0.6 is 0 Å². The molecule has 2 rings (SSSR count). The lowest BCUT2D eigenvalue weighted by Crippen LogP contribution is -2.55. The van der Waals surface area contributed by atoms with Crippen LogP contribution in [-0.4, -0.2) is 47.6 Å². The van der Waals surface area contributed by atoms with Crippen LogP contribution in [0.1, 0.15) is 45.7 Å². The smallest absolute Gasteiger partial charge is 0.410 e. The predicted octanol–water partition coefficient (Wildman–Crippen LogP) is 4.35. The van der Waals surface area contributed by atoms with E-state index in [2.05, 4.69) is 5.32 Å². The van der Waals surface area contributed by atoms with Crippen LogP contribution in [0.3, 0.4) is 0 Å². The standard InChI is InChI=1S/C27H36N2O5/c1-19(2)23(25(31)34-27(3,4)5)28-24(30)22(17-20-13-9-7-10-14-20)29(6)26(32)33-18-21-15-11-8-12-16-21/h7-16,19,22-23H,17-18H2,1-6H3,(H,28,30)/t22-,23-/m0/s1. The van der Waals surface area contributed by atoms with Crippen molar-refractivity contribution in [1.82, 2.24) is 10.2 Å². The van der Waals surface area contributed by atoms with E-state index in [1.54, 1.807) is 20.8 Å². The van der Waals surface area contributed by atoms with Crippen molar-refractivity contribution in [2.75, 3.05) is 7.05 Å². The Bertz CT molecular complexity index is 938. The Hall–Kier alpha value is -3.35. The highest BCUT2D eigenvalue weighted by Gasteiger charge is 2.34. The van der Waals surface area contributed by atoms with Gasteiger partial charge in [0.2, 0.25) is 5.91 Å². The van der Waals surface area contributed by atoms with Crippen molar-refractivity contribution in [2.24, 2.45) is 5.92 Å². The van der Waals surface area contributed by atoms with Gasteiger partial charge in [0.25, 0.3) is 0 Å². The molecule has 2 aromatic carbocycles. The molecule has 184 valence electrons. The molecule has 0 aliphatic heterocycles. The number of carbonyl (C=O) groups excluding carboxylic acids is 3. The third kappa shape index (κ3) is 8.54. The SMILES string of the molecule is CC(C)[C@H](NC(=O)[C@H](Cc1ccccc1)N(C)C(=O)OCc1ccccc1)C(=O)OC(C)(C)C. The average Bonchev–Trinajstić information content (AvgIpc) is 2.78. The summed E-state index contributed by atoms with van der Waals surface area (Å²) >= 11 is 0. The average molecular weight is 469 g/mol. The van der Waals surface area contributed by atoms with Gasteiger partial charge in [0.05, 0.1) is 0 Å². The van der Waals surface area contributed by atoms with Crippen molar-refractivity contribution in [2.45, 2.75) is 65.3 Å². The number of esters is 1. The van der Waals surface area contributed by atoms with Crippen LogP contribution in [0.2, 0.25) is 0 Å². The summed E-state index contributed by atoms with van der Waals surface area (Å²) in [6, 6.07) is 17.0. The molecule has 2 amide bonds. The molecule has 7 nitrogen and oxygen atoms in total. The van der Waals surface area contributed by atoms with Crippen molar-refractivity contribution in [1.29, 1.82) is 0 Å². The molecule has 0 bridgehead atoms. The van der Waals surface area contributed by atoms with E-state index >= 15 is 0 Å². The summed E-state index contributed by atoms with van der Waals surface area (Å²) in [5.41, 5.74) is 1.04. The molecule has 0 saturated heterocycles. The fourth-order valence-corrected chi connectivity index (χ4v) is 3.30. The summed E-state index contributed by atoms with van der Waals surface area (Å²) in [5.74, 6) is -1.16. The van der Waals surface area contributed by atoms with Gasteiger partial charge >= 0.3 is 12.1 Å². The molecule has 0 radical (unpaired) electrons. The normalized spacial score (nSPS) is 13.0. The number of rotatable bonds is 9. The number of nitrogens with one attached hydrogen (secondary N) is 1. The fraction of sp³-hybridized carbons (Fsp3) is 0.444. The maximum Gasteiger partial charge on any atom is 0.410 e. The highest BCUT2D eigenvalue weighted by Crippen LogP contribution is 2.15. The third-order valence-corrected chi connectivity index (χ3v) is 5.16. The van der Waals surface area contributed by atoms with Crippen LogP contribution in [0.15, 0.2) is 60.7 Å². The van der Waals surface area contributed by atoms with E-state index in [0.717, 1.165) is 11.1 Å². The third-order valence-electron chi connectivity index (χ3n) is 5.16. The number of benzene rings is 2. The molecule has 2 atom stereocenters. The van der Waals surface area contributed by atoms with Gasteiger partial charge in [-0.15, -0.1) is 0 Å². The first-order chi connectivity index (χ1) is 16.0. The molecule has 0 aromatic heterocycles. The summed E-state index contributed by atoms with van der Waals surface area (Å²) in [4.78, 5) is 40.2. The van der Waals surface area contributed by atoms with Crippen LogP contribution < -0.4 is 5.32 Å². The molecule has 2 aromatic rings. The number of carbonyl (C=O) groups is 3. The number of hydrogen-bond donors (Lipinski definition) is 1. The van der Waals surface area contributed by atoms with Crippen LogP contribution in [0.5, 0.6) is 0 Å². The summed E-state index contributed by atoms with van der Waals surface area (Å²) in [7, 11) is 1.53. The number of hydrogen-bond acceptors (Lipinski definition) is 5. The Morgan fingerprint density at radius 2 is 1.44 bits per heavy atom. The minimum atomic E-state index is -0.880. The van der Waals surface area contributed by atoms with E-state index in [0.29, 0.717) is 0 Å². The Labute approximate surface area is 202 Å².